The first-order chi connectivity index (χ1) is 15.2. The number of carbonyl (C=O) groups is 2. The molecule has 0 radical (unpaired) electrons. The van der Waals surface area contributed by atoms with E-state index in [9.17, 15) is 22.4 Å². The molecule has 0 aromatic heterocycles. The highest BCUT2D eigenvalue weighted by Crippen LogP contribution is 2.22. The van der Waals surface area contributed by atoms with Crippen molar-refractivity contribution < 1.29 is 31.9 Å². The number of sulfonamides is 1. The summed E-state index contributed by atoms with van der Waals surface area (Å²) in [6.07, 6.45) is -0.335. The fourth-order valence-corrected chi connectivity index (χ4v) is 4.74. The van der Waals surface area contributed by atoms with Crippen LogP contribution in [0, 0.1) is 5.82 Å². The van der Waals surface area contributed by atoms with Crippen LogP contribution in [0.2, 0.25) is 0 Å². The normalized spacial score (nSPS) is 14.9. The lowest BCUT2D eigenvalue weighted by Gasteiger charge is -2.35. The van der Waals surface area contributed by atoms with Gasteiger partial charge in [-0.05, 0) is 56.3 Å². The molecule has 0 N–H and O–H groups in total. The Labute approximate surface area is 186 Å². The molecule has 0 unspecified atom stereocenters. The van der Waals surface area contributed by atoms with E-state index in [1.807, 2.05) is 4.90 Å². The summed E-state index contributed by atoms with van der Waals surface area (Å²) in [6, 6.07) is 11.6. The highest BCUT2D eigenvalue weighted by Gasteiger charge is 2.29. The zero-order chi connectivity index (χ0) is 23.3. The van der Waals surface area contributed by atoms with E-state index in [1.165, 1.54) is 40.7 Å². The molecule has 1 aliphatic rings. The Morgan fingerprint density at radius 1 is 1.03 bits per heavy atom. The second-order valence-corrected chi connectivity index (χ2v) is 9.45. The summed E-state index contributed by atoms with van der Waals surface area (Å²) in [6.45, 7) is 4.18. The molecule has 32 heavy (non-hydrogen) atoms. The van der Waals surface area contributed by atoms with Gasteiger partial charge in [0, 0.05) is 31.9 Å². The number of carbonyl (C=O) groups excluding carboxylic acids is 2. The molecule has 8 nitrogen and oxygen atoms in total. The van der Waals surface area contributed by atoms with Crippen LogP contribution in [0.15, 0.2) is 53.4 Å². The zero-order valence-corrected chi connectivity index (χ0v) is 18.7. The van der Waals surface area contributed by atoms with Crippen molar-refractivity contribution in [2.75, 3.05) is 37.7 Å². The highest BCUT2D eigenvalue weighted by molar-refractivity contribution is 7.89. The number of piperazine rings is 1. The fraction of sp³-hybridized carbons (Fsp3) is 0.364. The molecule has 0 saturated carbocycles. The van der Waals surface area contributed by atoms with Crippen LogP contribution in [0.3, 0.4) is 0 Å². The number of esters is 2. The minimum Gasteiger partial charge on any atom is -0.460 e. The van der Waals surface area contributed by atoms with E-state index in [1.54, 1.807) is 26.0 Å². The van der Waals surface area contributed by atoms with E-state index in [4.69, 9.17) is 9.47 Å². The van der Waals surface area contributed by atoms with Crippen LogP contribution in [0.5, 0.6) is 0 Å². The molecular weight excluding hydrogens is 439 g/mol. The van der Waals surface area contributed by atoms with Gasteiger partial charge in [-0.1, -0.05) is 6.07 Å². The lowest BCUT2D eigenvalue weighted by molar-refractivity contribution is -0.150. The molecule has 2 aromatic carbocycles. The van der Waals surface area contributed by atoms with Crippen molar-refractivity contribution in [2.45, 2.75) is 24.8 Å². The maximum atomic E-state index is 13.1. The highest BCUT2D eigenvalue weighted by atomic mass is 32.2. The van der Waals surface area contributed by atoms with E-state index < -0.39 is 28.6 Å². The van der Waals surface area contributed by atoms with E-state index in [2.05, 4.69) is 0 Å². The standard InChI is InChI=1S/C22H25FN2O6S/c1-16(2)31-21(26)15-30-22(27)17-4-3-5-20(14-17)32(28,29)25-12-10-24(11-13-25)19-8-6-18(23)7-9-19/h3-9,14,16H,10-13,15H2,1-2H3. The molecule has 0 amide bonds. The third-order valence-corrected chi connectivity index (χ3v) is 6.72. The van der Waals surface area contributed by atoms with Crippen LogP contribution < -0.4 is 4.90 Å². The fourth-order valence-electron chi connectivity index (χ4n) is 3.28. The topological polar surface area (TPSA) is 93.2 Å². The average Bonchev–Trinajstić information content (AvgIpc) is 2.77. The van der Waals surface area contributed by atoms with Crippen LogP contribution in [0.4, 0.5) is 10.1 Å². The molecule has 0 spiro atoms. The van der Waals surface area contributed by atoms with Crippen molar-refractivity contribution in [3.8, 4) is 0 Å². The quantitative estimate of drug-likeness (QED) is 0.581. The van der Waals surface area contributed by atoms with Gasteiger partial charge in [0.25, 0.3) is 0 Å². The van der Waals surface area contributed by atoms with Crippen molar-refractivity contribution >= 4 is 27.6 Å². The maximum Gasteiger partial charge on any atom is 0.344 e. The van der Waals surface area contributed by atoms with Gasteiger partial charge >= 0.3 is 11.9 Å². The van der Waals surface area contributed by atoms with Crippen molar-refractivity contribution in [2.24, 2.45) is 0 Å². The predicted octanol–water partition coefficient (Wildman–Crippen LogP) is 2.45. The van der Waals surface area contributed by atoms with Gasteiger partial charge in [-0.2, -0.15) is 4.31 Å². The van der Waals surface area contributed by atoms with Crippen molar-refractivity contribution in [3.63, 3.8) is 0 Å². The summed E-state index contributed by atoms with van der Waals surface area (Å²) in [5.74, 6) is -1.83. The number of hydrogen-bond acceptors (Lipinski definition) is 7. The van der Waals surface area contributed by atoms with Crippen LogP contribution in [0.25, 0.3) is 0 Å². The molecule has 0 atom stereocenters. The van der Waals surface area contributed by atoms with Crippen LogP contribution >= 0.6 is 0 Å². The van der Waals surface area contributed by atoms with Gasteiger partial charge in [0.2, 0.25) is 10.0 Å². The SMILES string of the molecule is CC(C)OC(=O)COC(=O)c1cccc(S(=O)(=O)N2CCN(c3ccc(F)cc3)CC2)c1. The smallest absolute Gasteiger partial charge is 0.344 e. The number of benzene rings is 2. The van der Waals surface area contributed by atoms with Crippen molar-refractivity contribution in [3.05, 3.63) is 59.9 Å². The summed E-state index contributed by atoms with van der Waals surface area (Å²) in [7, 11) is -3.83. The molecule has 1 saturated heterocycles. The molecule has 2 aromatic rings. The van der Waals surface area contributed by atoms with E-state index >= 15 is 0 Å². The van der Waals surface area contributed by atoms with Gasteiger partial charge in [-0.25, -0.2) is 22.4 Å². The van der Waals surface area contributed by atoms with Gasteiger partial charge in [0.15, 0.2) is 6.61 Å². The minimum absolute atomic E-state index is 0.0216. The first-order valence-corrected chi connectivity index (χ1v) is 11.6. The maximum absolute atomic E-state index is 13.1. The Balaban J connectivity index is 1.64. The van der Waals surface area contributed by atoms with Crippen LogP contribution in [-0.4, -0.2) is 63.6 Å². The van der Waals surface area contributed by atoms with Gasteiger partial charge in [-0.15, -0.1) is 0 Å². The molecule has 3 rings (SSSR count). The first kappa shape index (κ1) is 23.7. The average molecular weight is 465 g/mol. The van der Waals surface area contributed by atoms with E-state index in [0.717, 1.165) is 5.69 Å². The van der Waals surface area contributed by atoms with Gasteiger partial charge in [0.1, 0.15) is 5.82 Å². The largest absolute Gasteiger partial charge is 0.460 e. The summed E-state index contributed by atoms with van der Waals surface area (Å²) >= 11 is 0. The minimum atomic E-state index is -3.83. The van der Waals surface area contributed by atoms with Crippen molar-refractivity contribution in [1.82, 2.24) is 4.31 Å². The summed E-state index contributed by atoms with van der Waals surface area (Å²) < 4.78 is 50.4. The van der Waals surface area contributed by atoms with Gasteiger partial charge < -0.3 is 14.4 Å². The lowest BCUT2D eigenvalue weighted by Crippen LogP contribution is -2.48. The Hall–Kier alpha value is -2.98. The third kappa shape index (κ3) is 5.83. The first-order valence-electron chi connectivity index (χ1n) is 10.1. The Morgan fingerprint density at radius 2 is 1.69 bits per heavy atom. The third-order valence-electron chi connectivity index (χ3n) is 4.83. The van der Waals surface area contributed by atoms with Crippen LogP contribution in [0.1, 0.15) is 24.2 Å². The Morgan fingerprint density at radius 3 is 2.31 bits per heavy atom. The lowest BCUT2D eigenvalue weighted by atomic mass is 10.2. The second-order valence-electron chi connectivity index (χ2n) is 7.51. The monoisotopic (exact) mass is 464 g/mol. The number of rotatable bonds is 7. The van der Waals surface area contributed by atoms with Crippen LogP contribution in [-0.2, 0) is 24.3 Å². The van der Waals surface area contributed by atoms with E-state index in [0.29, 0.717) is 13.1 Å². The summed E-state index contributed by atoms with van der Waals surface area (Å²) in [5, 5.41) is 0. The number of anilines is 1. The number of halogens is 1. The molecule has 172 valence electrons. The van der Waals surface area contributed by atoms with Gasteiger partial charge in [-0.3, -0.25) is 0 Å². The summed E-state index contributed by atoms with van der Waals surface area (Å²) in [4.78, 5) is 25.7. The number of hydrogen-bond donors (Lipinski definition) is 0. The molecule has 1 fully saturated rings. The molecule has 0 bridgehead atoms. The predicted molar refractivity (Wildman–Crippen MR) is 115 cm³/mol. The molecule has 1 heterocycles. The summed E-state index contributed by atoms with van der Waals surface area (Å²) in [5.41, 5.74) is 0.845. The zero-order valence-electron chi connectivity index (χ0n) is 17.9. The molecule has 10 heteroatoms. The van der Waals surface area contributed by atoms with Gasteiger partial charge in [0.05, 0.1) is 16.6 Å². The van der Waals surface area contributed by atoms with E-state index in [-0.39, 0.29) is 35.5 Å². The number of ether oxygens (including phenoxy) is 2. The molecule has 1 aliphatic heterocycles. The molecular formula is C22H25FN2O6S. The number of nitrogens with zero attached hydrogens (tertiary/aromatic N) is 2. The Kier molecular flexibility index (Phi) is 7.47. The molecule has 0 aliphatic carbocycles. The second kappa shape index (κ2) is 10.1. The Bertz CT molecular complexity index is 1060. The van der Waals surface area contributed by atoms with Crippen molar-refractivity contribution in [1.29, 1.82) is 0 Å².